The van der Waals surface area contributed by atoms with E-state index in [-0.39, 0.29) is 11.9 Å². The van der Waals surface area contributed by atoms with E-state index in [1.807, 2.05) is 25.2 Å². The van der Waals surface area contributed by atoms with Crippen molar-refractivity contribution >= 4 is 11.6 Å². The van der Waals surface area contributed by atoms with Crippen molar-refractivity contribution in [2.45, 2.75) is 64.8 Å². The third-order valence-electron chi connectivity index (χ3n) is 3.89. The molecular formula is C18H30N2O. The van der Waals surface area contributed by atoms with Crippen molar-refractivity contribution in [3.05, 3.63) is 29.8 Å². The summed E-state index contributed by atoms with van der Waals surface area (Å²) in [7, 11) is 1.93. The summed E-state index contributed by atoms with van der Waals surface area (Å²) in [6.45, 7) is 4.32. The molecule has 0 fully saturated rings. The van der Waals surface area contributed by atoms with Gasteiger partial charge in [0.25, 0.3) is 0 Å². The average molecular weight is 290 g/mol. The molecular weight excluding hydrogens is 260 g/mol. The zero-order chi connectivity index (χ0) is 15.5. The van der Waals surface area contributed by atoms with E-state index >= 15 is 0 Å². The van der Waals surface area contributed by atoms with Crippen LogP contribution in [0.1, 0.15) is 70.4 Å². The fraction of sp³-hybridized carbons (Fsp3) is 0.611. The molecule has 1 amide bonds. The number of hydrogen-bond acceptors (Lipinski definition) is 2. The standard InChI is InChI=1S/C18H30N2O/c1-4-5-6-7-8-9-14-18(21)20-17-13-11-10-12-16(17)15(2)19-3/h10-13,15,19H,4-9,14H2,1-3H3,(H,20,21). The highest BCUT2D eigenvalue weighted by atomic mass is 16.1. The first kappa shape index (κ1) is 17.7. The van der Waals surface area contributed by atoms with Crippen molar-refractivity contribution in [2.75, 3.05) is 12.4 Å². The molecule has 3 heteroatoms. The molecule has 1 aromatic carbocycles. The van der Waals surface area contributed by atoms with Gasteiger partial charge in [-0.25, -0.2) is 0 Å². The quantitative estimate of drug-likeness (QED) is 0.615. The van der Waals surface area contributed by atoms with Crippen LogP contribution in [0.5, 0.6) is 0 Å². The first-order chi connectivity index (χ1) is 10.2. The van der Waals surface area contributed by atoms with Crippen LogP contribution < -0.4 is 10.6 Å². The lowest BCUT2D eigenvalue weighted by molar-refractivity contribution is -0.116. The van der Waals surface area contributed by atoms with Crippen LogP contribution in [0.25, 0.3) is 0 Å². The van der Waals surface area contributed by atoms with E-state index in [1.165, 1.54) is 25.7 Å². The lowest BCUT2D eigenvalue weighted by Gasteiger charge is -2.16. The predicted octanol–water partition coefficient (Wildman–Crippen LogP) is 4.66. The molecule has 1 aromatic rings. The van der Waals surface area contributed by atoms with E-state index in [0.29, 0.717) is 6.42 Å². The Hall–Kier alpha value is -1.35. The number of unbranched alkanes of at least 4 members (excludes halogenated alkanes) is 5. The fourth-order valence-electron chi connectivity index (χ4n) is 2.42. The summed E-state index contributed by atoms with van der Waals surface area (Å²) in [6, 6.07) is 8.23. The van der Waals surface area contributed by atoms with Crippen LogP contribution in [0.3, 0.4) is 0 Å². The largest absolute Gasteiger partial charge is 0.326 e. The minimum absolute atomic E-state index is 0.126. The number of rotatable bonds is 10. The van der Waals surface area contributed by atoms with Crippen molar-refractivity contribution < 1.29 is 4.79 Å². The van der Waals surface area contributed by atoms with Gasteiger partial charge in [-0.1, -0.05) is 57.2 Å². The highest BCUT2D eigenvalue weighted by Crippen LogP contribution is 2.22. The van der Waals surface area contributed by atoms with E-state index in [0.717, 1.165) is 24.1 Å². The zero-order valence-electron chi connectivity index (χ0n) is 13.7. The Labute approximate surface area is 129 Å². The summed E-state index contributed by atoms with van der Waals surface area (Å²) >= 11 is 0. The summed E-state index contributed by atoms with van der Waals surface area (Å²) in [5.74, 6) is 0.126. The van der Waals surface area contributed by atoms with Gasteiger partial charge in [0.15, 0.2) is 0 Å². The lowest BCUT2D eigenvalue weighted by Crippen LogP contribution is -2.17. The molecule has 1 unspecified atom stereocenters. The maximum Gasteiger partial charge on any atom is 0.224 e. The molecule has 0 heterocycles. The van der Waals surface area contributed by atoms with Crippen molar-refractivity contribution in [2.24, 2.45) is 0 Å². The molecule has 0 aliphatic rings. The second-order valence-corrected chi connectivity index (χ2v) is 5.66. The minimum Gasteiger partial charge on any atom is -0.326 e. The zero-order valence-corrected chi connectivity index (χ0v) is 13.7. The Balaban J connectivity index is 2.37. The summed E-state index contributed by atoms with van der Waals surface area (Å²) in [6.07, 6.45) is 7.87. The van der Waals surface area contributed by atoms with Crippen molar-refractivity contribution in [3.8, 4) is 0 Å². The predicted molar refractivity (Wildman–Crippen MR) is 90.5 cm³/mol. The van der Waals surface area contributed by atoms with Gasteiger partial charge in [0, 0.05) is 18.2 Å². The number of benzene rings is 1. The third-order valence-corrected chi connectivity index (χ3v) is 3.89. The number of anilines is 1. The monoisotopic (exact) mass is 290 g/mol. The first-order valence-corrected chi connectivity index (χ1v) is 8.25. The lowest BCUT2D eigenvalue weighted by atomic mass is 10.1. The molecule has 2 N–H and O–H groups in total. The molecule has 3 nitrogen and oxygen atoms in total. The Morgan fingerprint density at radius 1 is 1.10 bits per heavy atom. The van der Waals surface area contributed by atoms with Gasteiger partial charge in [0.1, 0.15) is 0 Å². The highest BCUT2D eigenvalue weighted by molar-refractivity contribution is 5.91. The number of amides is 1. The van der Waals surface area contributed by atoms with Crippen LogP contribution in [0.2, 0.25) is 0 Å². The molecule has 1 atom stereocenters. The fourth-order valence-corrected chi connectivity index (χ4v) is 2.42. The molecule has 1 rings (SSSR count). The maximum absolute atomic E-state index is 12.0. The summed E-state index contributed by atoms with van der Waals surface area (Å²) < 4.78 is 0. The van der Waals surface area contributed by atoms with E-state index < -0.39 is 0 Å². The van der Waals surface area contributed by atoms with Gasteiger partial charge in [-0.05, 0) is 32.0 Å². The van der Waals surface area contributed by atoms with E-state index in [1.54, 1.807) is 0 Å². The highest BCUT2D eigenvalue weighted by Gasteiger charge is 2.10. The van der Waals surface area contributed by atoms with Gasteiger partial charge in [-0.2, -0.15) is 0 Å². The Kier molecular flexibility index (Phi) is 8.76. The smallest absolute Gasteiger partial charge is 0.224 e. The Morgan fingerprint density at radius 3 is 2.48 bits per heavy atom. The molecule has 0 saturated heterocycles. The van der Waals surface area contributed by atoms with Gasteiger partial charge in [-0.15, -0.1) is 0 Å². The Bertz CT molecular complexity index is 417. The van der Waals surface area contributed by atoms with E-state index in [2.05, 4.69) is 30.5 Å². The number of nitrogens with one attached hydrogen (secondary N) is 2. The van der Waals surface area contributed by atoms with Gasteiger partial charge >= 0.3 is 0 Å². The molecule has 0 aromatic heterocycles. The Morgan fingerprint density at radius 2 is 1.76 bits per heavy atom. The third kappa shape index (κ3) is 6.76. The molecule has 0 bridgehead atoms. The second kappa shape index (κ2) is 10.4. The average Bonchev–Trinajstić information content (AvgIpc) is 2.50. The van der Waals surface area contributed by atoms with Crippen molar-refractivity contribution in [3.63, 3.8) is 0 Å². The van der Waals surface area contributed by atoms with Gasteiger partial charge < -0.3 is 10.6 Å². The summed E-state index contributed by atoms with van der Waals surface area (Å²) in [5.41, 5.74) is 2.06. The van der Waals surface area contributed by atoms with E-state index in [4.69, 9.17) is 0 Å². The molecule has 0 aliphatic carbocycles. The molecule has 0 spiro atoms. The van der Waals surface area contributed by atoms with Crippen LogP contribution in [-0.2, 0) is 4.79 Å². The number of carbonyl (C=O) groups is 1. The van der Waals surface area contributed by atoms with Crippen LogP contribution in [0, 0.1) is 0 Å². The van der Waals surface area contributed by atoms with Crippen molar-refractivity contribution in [1.82, 2.24) is 5.32 Å². The maximum atomic E-state index is 12.0. The number of para-hydroxylation sites is 1. The summed E-state index contributed by atoms with van der Waals surface area (Å²) in [4.78, 5) is 12.0. The topological polar surface area (TPSA) is 41.1 Å². The first-order valence-electron chi connectivity index (χ1n) is 8.25. The van der Waals surface area contributed by atoms with Gasteiger partial charge in [0.05, 0.1) is 0 Å². The normalized spacial score (nSPS) is 12.1. The van der Waals surface area contributed by atoms with Gasteiger partial charge in [0.2, 0.25) is 5.91 Å². The van der Waals surface area contributed by atoms with Gasteiger partial charge in [-0.3, -0.25) is 4.79 Å². The van der Waals surface area contributed by atoms with Crippen LogP contribution in [-0.4, -0.2) is 13.0 Å². The SMILES string of the molecule is CCCCCCCCC(=O)Nc1ccccc1C(C)NC. The second-order valence-electron chi connectivity index (χ2n) is 5.66. The van der Waals surface area contributed by atoms with Crippen LogP contribution in [0.4, 0.5) is 5.69 Å². The van der Waals surface area contributed by atoms with Crippen molar-refractivity contribution in [1.29, 1.82) is 0 Å². The van der Waals surface area contributed by atoms with Crippen LogP contribution >= 0.6 is 0 Å². The molecule has 0 aliphatic heterocycles. The number of hydrogen-bond donors (Lipinski definition) is 2. The van der Waals surface area contributed by atoms with Crippen LogP contribution in [0.15, 0.2) is 24.3 Å². The molecule has 21 heavy (non-hydrogen) atoms. The molecule has 0 saturated carbocycles. The number of carbonyl (C=O) groups excluding carboxylic acids is 1. The minimum atomic E-state index is 0.126. The summed E-state index contributed by atoms with van der Waals surface area (Å²) in [5, 5.41) is 6.26. The molecule has 118 valence electrons. The molecule has 0 radical (unpaired) electrons. The van der Waals surface area contributed by atoms with E-state index in [9.17, 15) is 4.79 Å².